The first-order valence-corrected chi connectivity index (χ1v) is 9.54. The van der Waals surface area contributed by atoms with Gasteiger partial charge in [-0.1, -0.05) is 6.07 Å². The van der Waals surface area contributed by atoms with Crippen LogP contribution in [0.1, 0.15) is 19.4 Å². The van der Waals surface area contributed by atoms with Crippen molar-refractivity contribution in [3.63, 3.8) is 0 Å². The Bertz CT molecular complexity index is 1430. The van der Waals surface area contributed by atoms with Crippen LogP contribution in [-0.2, 0) is 7.05 Å². The molecule has 0 saturated heterocycles. The normalized spacial score (nSPS) is 14.9. The fraction of sp³-hybridized carbons (Fsp3) is 0.208. The highest BCUT2D eigenvalue weighted by Gasteiger charge is 2.27. The molecular formula is C24H22N2O3. The molecule has 1 aliphatic rings. The molecular weight excluding hydrogens is 364 g/mol. The number of rotatable bonds is 1. The number of aryl methyl sites for hydroxylation is 1. The van der Waals surface area contributed by atoms with Crippen molar-refractivity contribution in [1.82, 2.24) is 4.57 Å². The lowest BCUT2D eigenvalue weighted by Crippen LogP contribution is -2.28. The van der Waals surface area contributed by atoms with E-state index in [0.717, 1.165) is 27.4 Å². The van der Waals surface area contributed by atoms with Crippen molar-refractivity contribution < 1.29 is 9.47 Å². The summed E-state index contributed by atoms with van der Waals surface area (Å²) in [5, 5.41) is 3.16. The smallest absolute Gasteiger partial charge is 0.201 e. The molecule has 5 heteroatoms. The molecule has 0 unspecified atom stereocenters. The Balaban J connectivity index is 2.00. The molecule has 4 aromatic rings. The second-order valence-corrected chi connectivity index (χ2v) is 8.12. The van der Waals surface area contributed by atoms with Crippen molar-refractivity contribution in [2.24, 2.45) is 7.05 Å². The van der Waals surface area contributed by atoms with Gasteiger partial charge in [0.2, 0.25) is 5.43 Å². The molecule has 29 heavy (non-hydrogen) atoms. The van der Waals surface area contributed by atoms with E-state index >= 15 is 0 Å². The summed E-state index contributed by atoms with van der Waals surface area (Å²) in [4.78, 5) is 13.6. The van der Waals surface area contributed by atoms with E-state index in [-0.39, 0.29) is 5.43 Å². The van der Waals surface area contributed by atoms with E-state index in [1.54, 1.807) is 7.11 Å². The monoisotopic (exact) mass is 386 g/mol. The Morgan fingerprint density at radius 3 is 2.66 bits per heavy atom. The minimum absolute atomic E-state index is 0.0599. The Morgan fingerprint density at radius 2 is 1.90 bits per heavy atom. The maximum absolute atomic E-state index is 13.6. The summed E-state index contributed by atoms with van der Waals surface area (Å²) in [5.74, 6) is 1.23. The summed E-state index contributed by atoms with van der Waals surface area (Å²) < 4.78 is 13.8. The molecule has 0 atom stereocenters. The predicted octanol–water partition coefficient (Wildman–Crippen LogP) is 4.62. The van der Waals surface area contributed by atoms with E-state index in [0.29, 0.717) is 28.0 Å². The highest BCUT2D eigenvalue weighted by atomic mass is 16.5. The number of methoxy groups -OCH3 is 1. The summed E-state index contributed by atoms with van der Waals surface area (Å²) in [6.07, 6.45) is 4.05. The Kier molecular flexibility index (Phi) is 3.50. The van der Waals surface area contributed by atoms with Gasteiger partial charge >= 0.3 is 0 Å². The Labute approximate surface area is 167 Å². The second kappa shape index (κ2) is 5.77. The fourth-order valence-corrected chi connectivity index (χ4v) is 4.23. The molecule has 1 aromatic heterocycles. The zero-order valence-electron chi connectivity index (χ0n) is 16.9. The lowest BCUT2D eigenvalue weighted by Gasteiger charge is -2.29. The first-order valence-electron chi connectivity index (χ1n) is 9.54. The van der Waals surface area contributed by atoms with Crippen molar-refractivity contribution in [2.75, 3.05) is 12.8 Å². The first-order chi connectivity index (χ1) is 13.8. The third-order valence-corrected chi connectivity index (χ3v) is 5.66. The van der Waals surface area contributed by atoms with Gasteiger partial charge in [0.1, 0.15) is 17.1 Å². The molecule has 0 bridgehead atoms. The number of fused-ring (bicyclic) bond motifs is 5. The van der Waals surface area contributed by atoms with Crippen LogP contribution in [0.2, 0.25) is 0 Å². The molecule has 0 saturated carbocycles. The number of nitrogens with two attached hydrogens (primary N) is 1. The summed E-state index contributed by atoms with van der Waals surface area (Å²) in [6, 6.07) is 11.5. The second-order valence-electron chi connectivity index (χ2n) is 8.12. The summed E-state index contributed by atoms with van der Waals surface area (Å²) in [5.41, 5.74) is 8.69. The fourth-order valence-electron chi connectivity index (χ4n) is 4.23. The number of pyridine rings is 1. The molecule has 2 N–H and O–H groups in total. The van der Waals surface area contributed by atoms with Crippen LogP contribution in [0, 0.1) is 0 Å². The van der Waals surface area contributed by atoms with Gasteiger partial charge < -0.3 is 19.8 Å². The highest BCUT2D eigenvalue weighted by Crippen LogP contribution is 2.41. The van der Waals surface area contributed by atoms with Crippen LogP contribution in [0.5, 0.6) is 11.5 Å². The third-order valence-electron chi connectivity index (χ3n) is 5.66. The number of hydrogen-bond donors (Lipinski definition) is 1. The van der Waals surface area contributed by atoms with E-state index in [1.165, 1.54) is 0 Å². The van der Waals surface area contributed by atoms with Crippen LogP contribution in [0.4, 0.5) is 5.69 Å². The van der Waals surface area contributed by atoms with E-state index in [2.05, 4.69) is 4.57 Å². The number of nitrogens with zero attached hydrogens (tertiary/aromatic N) is 1. The molecule has 5 nitrogen and oxygen atoms in total. The molecule has 2 heterocycles. The third kappa shape index (κ3) is 2.50. The SMILES string of the molecule is COc1cc2c(c3c1c(=O)c1cc4cc(N)ccc4cc1n3C)C=CC(C)(C)O2. The average Bonchev–Trinajstić information content (AvgIpc) is 2.68. The molecule has 146 valence electrons. The topological polar surface area (TPSA) is 66.5 Å². The standard InChI is InChI=1S/C24H22N2O3/c1-24(2)8-7-16-19(29-24)12-20(28-4)21-22(16)26(3)18-11-13-5-6-15(25)9-14(13)10-17(18)23(21)27/h5-12H,25H2,1-4H3. The molecule has 1 aliphatic heterocycles. The largest absolute Gasteiger partial charge is 0.496 e. The van der Waals surface area contributed by atoms with Crippen LogP contribution in [-0.4, -0.2) is 17.3 Å². The summed E-state index contributed by atoms with van der Waals surface area (Å²) in [6.45, 7) is 4.00. The lowest BCUT2D eigenvalue weighted by molar-refractivity contribution is 0.159. The zero-order valence-corrected chi connectivity index (χ0v) is 16.9. The summed E-state index contributed by atoms with van der Waals surface area (Å²) >= 11 is 0. The number of aromatic nitrogens is 1. The van der Waals surface area contributed by atoms with E-state index in [4.69, 9.17) is 15.2 Å². The maximum Gasteiger partial charge on any atom is 0.201 e. The van der Waals surface area contributed by atoms with Crippen molar-refractivity contribution in [3.05, 3.63) is 58.3 Å². The predicted molar refractivity (Wildman–Crippen MR) is 119 cm³/mol. The van der Waals surface area contributed by atoms with Crippen molar-refractivity contribution in [3.8, 4) is 11.5 Å². The number of ether oxygens (including phenoxy) is 2. The minimum atomic E-state index is -0.419. The Morgan fingerprint density at radius 1 is 1.10 bits per heavy atom. The number of benzene rings is 3. The molecule has 0 amide bonds. The van der Waals surface area contributed by atoms with Gasteiger partial charge in [-0.3, -0.25) is 4.79 Å². The van der Waals surface area contributed by atoms with E-state index in [1.807, 2.05) is 69.4 Å². The molecule has 3 aromatic carbocycles. The van der Waals surface area contributed by atoms with Crippen molar-refractivity contribution in [1.29, 1.82) is 0 Å². The van der Waals surface area contributed by atoms with Gasteiger partial charge in [0.05, 0.1) is 23.5 Å². The van der Waals surface area contributed by atoms with Crippen LogP contribution < -0.4 is 20.6 Å². The van der Waals surface area contributed by atoms with Gasteiger partial charge in [0.25, 0.3) is 0 Å². The van der Waals surface area contributed by atoms with Gasteiger partial charge in [0.15, 0.2) is 0 Å². The van der Waals surface area contributed by atoms with Crippen LogP contribution >= 0.6 is 0 Å². The average molecular weight is 386 g/mol. The van der Waals surface area contributed by atoms with Crippen molar-refractivity contribution >= 4 is 44.3 Å². The molecule has 0 radical (unpaired) electrons. The van der Waals surface area contributed by atoms with Crippen molar-refractivity contribution in [2.45, 2.75) is 19.4 Å². The number of nitrogen functional groups attached to an aromatic ring is 1. The summed E-state index contributed by atoms with van der Waals surface area (Å²) in [7, 11) is 3.55. The molecule has 0 fully saturated rings. The van der Waals surface area contributed by atoms with Gasteiger partial charge in [-0.25, -0.2) is 0 Å². The first kappa shape index (κ1) is 17.6. The highest BCUT2D eigenvalue weighted by molar-refractivity contribution is 6.06. The Hall–Kier alpha value is -3.47. The molecule has 0 spiro atoms. The molecule has 0 aliphatic carbocycles. The van der Waals surface area contributed by atoms with Crippen LogP contribution in [0.3, 0.4) is 0 Å². The van der Waals surface area contributed by atoms with Gasteiger partial charge in [-0.15, -0.1) is 0 Å². The quantitative estimate of drug-likeness (QED) is 0.383. The van der Waals surface area contributed by atoms with Crippen LogP contribution in [0.25, 0.3) is 38.7 Å². The zero-order chi connectivity index (χ0) is 20.5. The maximum atomic E-state index is 13.6. The number of anilines is 1. The van der Waals surface area contributed by atoms with E-state index < -0.39 is 5.60 Å². The molecule has 5 rings (SSSR count). The minimum Gasteiger partial charge on any atom is -0.496 e. The van der Waals surface area contributed by atoms with Gasteiger partial charge in [-0.05, 0) is 61.0 Å². The van der Waals surface area contributed by atoms with Gasteiger partial charge in [0, 0.05) is 29.8 Å². The van der Waals surface area contributed by atoms with Gasteiger partial charge in [-0.2, -0.15) is 0 Å². The van der Waals surface area contributed by atoms with Crippen LogP contribution in [0.15, 0.2) is 47.3 Å². The lowest BCUT2D eigenvalue weighted by atomic mass is 9.97. The number of hydrogen-bond acceptors (Lipinski definition) is 4. The van der Waals surface area contributed by atoms with E-state index in [9.17, 15) is 4.79 Å².